The Morgan fingerprint density at radius 3 is 2.29 bits per heavy atom. The molecule has 0 amide bonds. The van der Waals surface area contributed by atoms with E-state index in [2.05, 4.69) is 12.2 Å². The van der Waals surface area contributed by atoms with Crippen LogP contribution in [0.3, 0.4) is 0 Å². The minimum absolute atomic E-state index is 0.452. The van der Waals surface area contributed by atoms with Gasteiger partial charge in [0, 0.05) is 6.54 Å². The highest BCUT2D eigenvalue weighted by atomic mass is 35.5. The summed E-state index contributed by atoms with van der Waals surface area (Å²) in [6.07, 6.45) is 4.84. The van der Waals surface area contributed by atoms with Crippen molar-refractivity contribution >= 4 is 40.5 Å². The number of hydrogen-bond donors (Lipinski definition) is 1. The Hall–Kier alpha value is -1.09. The van der Waals surface area contributed by atoms with Crippen molar-refractivity contribution in [2.45, 2.75) is 39.2 Å². The zero-order chi connectivity index (χ0) is 17.4. The molecule has 0 unspecified atom stereocenters. The molecule has 2 aromatic rings. The number of nitrogens with one attached hydrogen (secondary N) is 1. The van der Waals surface area contributed by atoms with Crippen LogP contribution in [0.25, 0.3) is 0 Å². The minimum atomic E-state index is 0.452. The topological polar surface area (TPSA) is 21.3 Å². The largest absolute Gasteiger partial charge is 0.494 e. The van der Waals surface area contributed by atoms with Gasteiger partial charge in [-0.25, -0.2) is 0 Å². The molecule has 0 aliphatic carbocycles. The molecular formula is C19H22Cl3NO. The summed E-state index contributed by atoms with van der Waals surface area (Å²) < 4.78 is 5.74. The van der Waals surface area contributed by atoms with Crippen LogP contribution in [0, 0.1) is 0 Å². The number of hydrogen-bond acceptors (Lipinski definition) is 2. The van der Waals surface area contributed by atoms with Crippen LogP contribution >= 0.6 is 34.8 Å². The van der Waals surface area contributed by atoms with Crippen molar-refractivity contribution in [2.24, 2.45) is 0 Å². The highest BCUT2D eigenvalue weighted by Gasteiger charge is 2.06. The highest BCUT2D eigenvalue weighted by Crippen LogP contribution is 2.32. The molecule has 0 aliphatic rings. The van der Waals surface area contributed by atoms with Crippen molar-refractivity contribution in [2.75, 3.05) is 11.9 Å². The zero-order valence-electron chi connectivity index (χ0n) is 13.7. The summed E-state index contributed by atoms with van der Waals surface area (Å²) in [5.74, 6) is 0.905. The molecule has 0 aliphatic heterocycles. The van der Waals surface area contributed by atoms with Gasteiger partial charge in [0.15, 0.2) is 0 Å². The van der Waals surface area contributed by atoms with E-state index in [4.69, 9.17) is 39.5 Å². The highest BCUT2D eigenvalue weighted by molar-refractivity contribution is 6.44. The van der Waals surface area contributed by atoms with Crippen molar-refractivity contribution in [3.8, 4) is 5.75 Å². The SMILES string of the molecule is CCCCCCOc1ccc(CNc2cc(Cl)c(Cl)cc2Cl)cc1. The van der Waals surface area contributed by atoms with Gasteiger partial charge >= 0.3 is 0 Å². The second kappa shape index (κ2) is 10.0. The molecule has 24 heavy (non-hydrogen) atoms. The predicted molar refractivity (Wildman–Crippen MR) is 105 cm³/mol. The van der Waals surface area contributed by atoms with E-state index in [9.17, 15) is 0 Å². The normalized spacial score (nSPS) is 10.7. The van der Waals surface area contributed by atoms with Crippen LogP contribution < -0.4 is 10.1 Å². The third-order valence-electron chi connectivity index (χ3n) is 3.68. The molecule has 130 valence electrons. The molecule has 0 radical (unpaired) electrons. The third kappa shape index (κ3) is 6.08. The third-order valence-corrected chi connectivity index (χ3v) is 4.72. The Morgan fingerprint density at radius 2 is 1.58 bits per heavy atom. The van der Waals surface area contributed by atoms with Crippen LogP contribution in [0.4, 0.5) is 5.69 Å². The first-order chi connectivity index (χ1) is 11.6. The van der Waals surface area contributed by atoms with Gasteiger partial charge in [0.1, 0.15) is 5.75 Å². The maximum atomic E-state index is 6.16. The Balaban J connectivity index is 1.82. The van der Waals surface area contributed by atoms with Gasteiger partial charge in [0.25, 0.3) is 0 Å². The van der Waals surface area contributed by atoms with E-state index in [1.807, 2.05) is 24.3 Å². The van der Waals surface area contributed by atoms with Gasteiger partial charge in [-0.15, -0.1) is 0 Å². The average Bonchev–Trinajstić information content (AvgIpc) is 2.58. The Bertz CT molecular complexity index is 644. The lowest BCUT2D eigenvalue weighted by Gasteiger charge is -2.11. The average molecular weight is 387 g/mol. The molecule has 2 nitrogen and oxygen atoms in total. The van der Waals surface area contributed by atoms with Gasteiger partial charge in [-0.3, -0.25) is 0 Å². The molecule has 0 bridgehead atoms. The maximum absolute atomic E-state index is 6.16. The molecular weight excluding hydrogens is 365 g/mol. The molecule has 0 heterocycles. The van der Waals surface area contributed by atoms with Crippen LogP contribution in [0.5, 0.6) is 5.75 Å². The molecule has 0 spiro atoms. The molecule has 5 heteroatoms. The number of benzene rings is 2. The van der Waals surface area contributed by atoms with Crippen molar-refractivity contribution in [1.29, 1.82) is 0 Å². The molecule has 0 saturated heterocycles. The van der Waals surface area contributed by atoms with Crippen LogP contribution in [0.1, 0.15) is 38.2 Å². The number of halogens is 3. The molecule has 2 rings (SSSR count). The van der Waals surface area contributed by atoms with Crippen molar-refractivity contribution in [1.82, 2.24) is 0 Å². The molecule has 2 aromatic carbocycles. The number of anilines is 1. The molecule has 0 atom stereocenters. The van der Waals surface area contributed by atoms with E-state index in [1.54, 1.807) is 12.1 Å². The monoisotopic (exact) mass is 385 g/mol. The van der Waals surface area contributed by atoms with Gasteiger partial charge < -0.3 is 10.1 Å². The molecule has 1 N–H and O–H groups in total. The van der Waals surface area contributed by atoms with E-state index >= 15 is 0 Å². The molecule has 0 saturated carbocycles. The Labute approximate surface area is 159 Å². The molecule has 0 aromatic heterocycles. The van der Waals surface area contributed by atoms with Crippen LogP contribution in [-0.4, -0.2) is 6.61 Å². The smallest absolute Gasteiger partial charge is 0.119 e. The fourth-order valence-corrected chi connectivity index (χ4v) is 2.89. The quantitative estimate of drug-likeness (QED) is 0.363. The Kier molecular flexibility index (Phi) is 8.04. The fourth-order valence-electron chi connectivity index (χ4n) is 2.28. The first kappa shape index (κ1) is 19.2. The van der Waals surface area contributed by atoms with Gasteiger partial charge in [-0.05, 0) is 36.2 Å². The van der Waals surface area contributed by atoms with Gasteiger partial charge in [0.2, 0.25) is 0 Å². The summed E-state index contributed by atoms with van der Waals surface area (Å²) in [4.78, 5) is 0. The standard InChI is InChI=1S/C19H22Cl3NO/c1-2-3-4-5-10-24-15-8-6-14(7-9-15)13-23-19-12-17(21)16(20)11-18(19)22/h6-9,11-12,23H,2-5,10,13H2,1H3. The second-order valence-corrected chi connectivity index (χ2v) is 6.87. The van der Waals surface area contributed by atoms with E-state index in [-0.39, 0.29) is 0 Å². The minimum Gasteiger partial charge on any atom is -0.494 e. The van der Waals surface area contributed by atoms with E-state index in [0.717, 1.165) is 30.0 Å². The zero-order valence-corrected chi connectivity index (χ0v) is 16.0. The first-order valence-corrected chi connectivity index (χ1v) is 9.33. The summed E-state index contributed by atoms with van der Waals surface area (Å²) in [6.45, 7) is 3.63. The number of rotatable bonds is 9. The van der Waals surface area contributed by atoms with Gasteiger partial charge in [-0.2, -0.15) is 0 Å². The Morgan fingerprint density at radius 1 is 0.875 bits per heavy atom. The van der Waals surface area contributed by atoms with Crippen molar-refractivity contribution in [3.05, 3.63) is 57.0 Å². The summed E-state index contributed by atoms with van der Waals surface area (Å²) >= 11 is 18.1. The number of unbranched alkanes of at least 4 members (excludes halogenated alkanes) is 3. The van der Waals surface area contributed by atoms with Crippen molar-refractivity contribution < 1.29 is 4.74 Å². The van der Waals surface area contributed by atoms with E-state index < -0.39 is 0 Å². The molecule has 0 fully saturated rings. The summed E-state index contributed by atoms with van der Waals surface area (Å²) in [5.41, 5.74) is 1.90. The maximum Gasteiger partial charge on any atom is 0.119 e. The summed E-state index contributed by atoms with van der Waals surface area (Å²) in [7, 11) is 0. The lowest BCUT2D eigenvalue weighted by molar-refractivity contribution is 0.305. The van der Waals surface area contributed by atoms with Gasteiger partial charge in [0.05, 0.1) is 27.4 Å². The number of ether oxygens (including phenoxy) is 1. The predicted octanol–water partition coefficient (Wildman–Crippen LogP) is 7.22. The van der Waals surface area contributed by atoms with E-state index in [1.165, 1.54) is 19.3 Å². The lowest BCUT2D eigenvalue weighted by Crippen LogP contribution is -2.01. The fraction of sp³-hybridized carbons (Fsp3) is 0.368. The van der Waals surface area contributed by atoms with Crippen LogP contribution in [-0.2, 0) is 6.54 Å². The van der Waals surface area contributed by atoms with Crippen molar-refractivity contribution in [3.63, 3.8) is 0 Å². The summed E-state index contributed by atoms with van der Waals surface area (Å²) in [6, 6.07) is 11.4. The van der Waals surface area contributed by atoms with Crippen LogP contribution in [0.2, 0.25) is 15.1 Å². The first-order valence-electron chi connectivity index (χ1n) is 8.20. The second-order valence-electron chi connectivity index (χ2n) is 5.65. The van der Waals surface area contributed by atoms with Gasteiger partial charge in [-0.1, -0.05) is 73.1 Å². The lowest BCUT2D eigenvalue weighted by atomic mass is 10.2. The summed E-state index contributed by atoms with van der Waals surface area (Å²) in [5, 5.41) is 4.75. The van der Waals surface area contributed by atoms with E-state index in [0.29, 0.717) is 21.6 Å². The van der Waals surface area contributed by atoms with Crippen LogP contribution in [0.15, 0.2) is 36.4 Å².